The number of hydrogen-bond acceptors (Lipinski definition) is 10. The highest BCUT2D eigenvalue weighted by Crippen LogP contribution is 2.35. The van der Waals surface area contributed by atoms with Gasteiger partial charge in [0.25, 0.3) is 5.56 Å². The zero-order chi connectivity index (χ0) is 31.3. The number of halogens is 2. The van der Waals surface area contributed by atoms with Gasteiger partial charge in [-0.1, -0.05) is 31.5 Å². The molecule has 220 valence electrons. The summed E-state index contributed by atoms with van der Waals surface area (Å²) in [5, 5.41) is 34.2. The lowest BCUT2D eigenvalue weighted by Gasteiger charge is -2.28. The molecule has 0 aliphatic carbocycles. The first-order chi connectivity index (χ1) is 19.8. The predicted molar refractivity (Wildman–Crippen MR) is 158 cm³/mol. The number of aliphatic carboxylic acids is 1. The number of pyridine rings is 1. The zero-order valence-electron chi connectivity index (χ0n) is 23.8. The molecule has 1 unspecified atom stereocenters. The summed E-state index contributed by atoms with van der Waals surface area (Å²) in [5.74, 6) is -2.39. The molecule has 14 heteroatoms. The van der Waals surface area contributed by atoms with E-state index < -0.39 is 35.0 Å². The zero-order valence-corrected chi connectivity index (χ0v) is 24.5. The molecule has 0 spiro atoms. The van der Waals surface area contributed by atoms with Crippen LogP contribution < -0.4 is 25.8 Å². The van der Waals surface area contributed by atoms with Crippen LogP contribution >= 0.6 is 11.6 Å². The number of aryl methyl sites for hydroxylation is 1. The summed E-state index contributed by atoms with van der Waals surface area (Å²) in [6.45, 7) is 3.52. The van der Waals surface area contributed by atoms with Crippen molar-refractivity contribution in [1.82, 2.24) is 14.5 Å². The summed E-state index contributed by atoms with van der Waals surface area (Å²) in [4.78, 5) is 35.7. The van der Waals surface area contributed by atoms with Crippen molar-refractivity contribution in [3.63, 3.8) is 0 Å². The van der Waals surface area contributed by atoms with Crippen LogP contribution in [0.15, 0.2) is 52.7 Å². The first-order valence-corrected chi connectivity index (χ1v) is 12.9. The number of allylic oxidation sites excluding steroid dienone is 1. The number of nitrogens with one attached hydrogen (secondary N) is 3. The van der Waals surface area contributed by atoms with Crippen molar-refractivity contribution in [2.75, 3.05) is 36.7 Å². The Morgan fingerprint density at radius 2 is 1.98 bits per heavy atom. The number of ether oxygens (including phenoxy) is 1. The van der Waals surface area contributed by atoms with Crippen molar-refractivity contribution < 1.29 is 19.0 Å². The van der Waals surface area contributed by atoms with E-state index in [1.807, 2.05) is 0 Å². The topological polar surface area (TPSA) is 169 Å². The summed E-state index contributed by atoms with van der Waals surface area (Å²) < 4.78 is 21.6. The van der Waals surface area contributed by atoms with Crippen molar-refractivity contribution in [3.05, 3.63) is 80.2 Å². The fraction of sp³-hybridized carbons (Fsp3) is 0.286. The van der Waals surface area contributed by atoms with E-state index in [4.69, 9.17) is 21.7 Å². The lowest BCUT2D eigenvalue weighted by atomic mass is 9.89. The van der Waals surface area contributed by atoms with Gasteiger partial charge in [-0.05, 0) is 29.7 Å². The highest BCUT2D eigenvalue weighted by Gasteiger charge is 2.31. The molecular formula is C28H30ClFN8O4. The highest BCUT2D eigenvalue weighted by atomic mass is 35.5. The minimum absolute atomic E-state index is 0.0326. The minimum atomic E-state index is -1.57. The number of benzene rings is 1. The largest absolute Gasteiger partial charge is 0.479 e. The van der Waals surface area contributed by atoms with Gasteiger partial charge in [0.15, 0.2) is 0 Å². The Labute approximate surface area is 246 Å². The van der Waals surface area contributed by atoms with Gasteiger partial charge in [-0.25, -0.2) is 14.2 Å². The van der Waals surface area contributed by atoms with E-state index in [2.05, 4.69) is 20.6 Å². The Bertz CT molecular complexity index is 1660. The Morgan fingerprint density at radius 1 is 1.29 bits per heavy atom. The molecule has 2 heterocycles. The van der Waals surface area contributed by atoms with Crippen LogP contribution in [0.25, 0.3) is 0 Å². The first kappa shape index (κ1) is 31.6. The van der Waals surface area contributed by atoms with Gasteiger partial charge in [-0.2, -0.15) is 10.2 Å². The molecule has 12 nitrogen and oxygen atoms in total. The first-order valence-electron chi connectivity index (χ1n) is 12.5. The third kappa shape index (κ3) is 6.84. The Morgan fingerprint density at radius 3 is 2.52 bits per heavy atom. The van der Waals surface area contributed by atoms with Gasteiger partial charge in [0, 0.05) is 38.6 Å². The van der Waals surface area contributed by atoms with Crippen molar-refractivity contribution in [2.45, 2.75) is 19.9 Å². The number of nitrogens with zero attached hydrogens (tertiary/aromatic N) is 5. The van der Waals surface area contributed by atoms with Crippen LogP contribution in [-0.2, 0) is 11.8 Å². The van der Waals surface area contributed by atoms with Gasteiger partial charge in [-0.3, -0.25) is 10.2 Å². The quantitative estimate of drug-likeness (QED) is 0.235. The van der Waals surface area contributed by atoms with Crippen LogP contribution in [0.2, 0.25) is 5.02 Å². The average Bonchev–Trinajstić information content (AvgIpc) is 2.93. The third-order valence-electron chi connectivity index (χ3n) is 6.14. The SMILES string of the molecule is COc1nc(N(C)C)ncc1N/C(=C(\C(=N)C(=O)O)C(Nc1cc(Cl)cn(C)c1=O)c1ccc(C#N)c(F)c1)C(C)C. The Kier molecular flexibility index (Phi) is 9.87. The summed E-state index contributed by atoms with van der Waals surface area (Å²) >= 11 is 6.21. The van der Waals surface area contributed by atoms with Crippen LogP contribution in [-0.4, -0.2) is 52.5 Å². The van der Waals surface area contributed by atoms with E-state index >= 15 is 0 Å². The molecule has 1 aromatic carbocycles. The average molecular weight is 597 g/mol. The fourth-order valence-corrected chi connectivity index (χ4v) is 4.34. The van der Waals surface area contributed by atoms with E-state index in [-0.39, 0.29) is 44.7 Å². The second-order valence-electron chi connectivity index (χ2n) is 9.69. The molecule has 42 heavy (non-hydrogen) atoms. The number of aromatic nitrogens is 3. The predicted octanol–water partition coefficient (Wildman–Crippen LogP) is 4.19. The number of rotatable bonds is 11. The van der Waals surface area contributed by atoms with Crippen LogP contribution in [0.3, 0.4) is 0 Å². The fourth-order valence-electron chi connectivity index (χ4n) is 4.08. The molecule has 0 aliphatic heterocycles. The van der Waals surface area contributed by atoms with Crippen LogP contribution in [0.1, 0.15) is 31.0 Å². The van der Waals surface area contributed by atoms with E-state index in [0.717, 1.165) is 6.07 Å². The normalized spacial score (nSPS) is 12.2. The summed E-state index contributed by atoms with van der Waals surface area (Å²) in [6, 6.07) is 5.51. The summed E-state index contributed by atoms with van der Waals surface area (Å²) in [6.07, 6.45) is 2.84. The number of carboxylic acid groups (broad SMARTS) is 1. The highest BCUT2D eigenvalue weighted by molar-refractivity contribution is 6.41. The van der Waals surface area contributed by atoms with Gasteiger partial charge in [0.2, 0.25) is 11.8 Å². The molecular weight excluding hydrogens is 567 g/mol. The van der Waals surface area contributed by atoms with Gasteiger partial charge in [0.05, 0.1) is 29.9 Å². The number of anilines is 3. The molecule has 0 saturated heterocycles. The molecule has 0 fully saturated rings. The van der Waals surface area contributed by atoms with Crippen LogP contribution in [0.4, 0.5) is 21.7 Å². The van der Waals surface area contributed by atoms with E-state index in [1.54, 1.807) is 38.9 Å². The summed E-state index contributed by atoms with van der Waals surface area (Å²) in [7, 11) is 6.39. The molecule has 1 atom stereocenters. The van der Waals surface area contributed by atoms with Gasteiger partial charge in [-0.15, -0.1) is 0 Å². The number of carboxylic acids is 1. The van der Waals surface area contributed by atoms with E-state index in [9.17, 15) is 24.3 Å². The Hall–Kier alpha value is -4.96. The van der Waals surface area contributed by atoms with Crippen molar-refractivity contribution in [1.29, 1.82) is 10.7 Å². The lowest BCUT2D eigenvalue weighted by Crippen LogP contribution is -2.31. The van der Waals surface area contributed by atoms with Gasteiger partial charge >= 0.3 is 5.97 Å². The van der Waals surface area contributed by atoms with Gasteiger partial charge in [0.1, 0.15) is 29.0 Å². The van der Waals surface area contributed by atoms with E-state index in [1.165, 1.54) is 49.3 Å². The number of hydrogen-bond donors (Lipinski definition) is 4. The van der Waals surface area contributed by atoms with Gasteiger partial charge < -0.3 is 29.9 Å². The maximum atomic E-state index is 14.9. The number of carbonyl (C=O) groups is 1. The lowest BCUT2D eigenvalue weighted by molar-refractivity contribution is -0.129. The second-order valence-corrected chi connectivity index (χ2v) is 10.1. The monoisotopic (exact) mass is 596 g/mol. The van der Waals surface area contributed by atoms with E-state index in [0.29, 0.717) is 5.95 Å². The maximum absolute atomic E-state index is 14.9. The molecule has 4 N–H and O–H groups in total. The minimum Gasteiger partial charge on any atom is -0.479 e. The summed E-state index contributed by atoms with van der Waals surface area (Å²) in [5.41, 5.74) is -1.10. The smallest absolute Gasteiger partial charge is 0.354 e. The second kappa shape index (κ2) is 13.1. The molecule has 0 saturated carbocycles. The third-order valence-corrected chi connectivity index (χ3v) is 6.35. The van der Waals surface area contributed by atoms with Crippen LogP contribution in [0, 0.1) is 28.5 Å². The number of nitriles is 1. The molecule has 0 bridgehead atoms. The van der Waals surface area contributed by atoms with Crippen LogP contribution in [0.5, 0.6) is 5.88 Å². The number of methoxy groups -OCH3 is 1. The molecule has 3 rings (SSSR count). The molecule has 0 amide bonds. The van der Waals surface area contributed by atoms with Crippen molar-refractivity contribution in [3.8, 4) is 11.9 Å². The molecule has 0 radical (unpaired) electrons. The van der Waals surface area contributed by atoms with Crippen molar-refractivity contribution in [2.24, 2.45) is 13.0 Å². The maximum Gasteiger partial charge on any atom is 0.354 e. The molecule has 0 aliphatic rings. The standard InChI is InChI=1S/C28H30ClFN8O4/c1-14(2)23(35-20-12-33-28(37(3)4)36-25(20)42-6)21(22(32)27(40)41)24(15-7-8-16(11-31)18(30)9-15)34-19-10-17(29)13-38(5)26(19)39/h7-10,12-14,24,32,34-35H,1-6H3,(H,40,41)/b23-21+,32-22?. The Balaban J connectivity index is 2.38. The molecule has 2 aromatic heterocycles. The van der Waals surface area contributed by atoms with Crippen molar-refractivity contribution >= 4 is 40.6 Å². The molecule has 3 aromatic rings.